The van der Waals surface area contributed by atoms with Crippen LogP contribution in [0.2, 0.25) is 5.02 Å². The zero-order chi connectivity index (χ0) is 14.0. The van der Waals surface area contributed by atoms with Gasteiger partial charge in [0, 0.05) is 16.9 Å². The van der Waals surface area contributed by atoms with Crippen LogP contribution in [0.5, 0.6) is 0 Å². The van der Waals surface area contributed by atoms with E-state index in [2.05, 4.69) is 26.3 Å². The van der Waals surface area contributed by atoms with Crippen molar-refractivity contribution in [1.29, 1.82) is 0 Å². The Labute approximate surface area is 122 Å². The van der Waals surface area contributed by atoms with E-state index in [4.69, 9.17) is 11.6 Å². The molecule has 0 aliphatic rings. The summed E-state index contributed by atoms with van der Waals surface area (Å²) in [5.74, 6) is -0.770. The van der Waals surface area contributed by atoms with Crippen molar-refractivity contribution in [2.75, 3.05) is 5.32 Å². The molecule has 1 amide bonds. The molecule has 100 valence electrons. The molecular formula is C12H10BrClFN3O. The summed E-state index contributed by atoms with van der Waals surface area (Å²) >= 11 is 9.06. The predicted octanol–water partition coefficient (Wildman–Crippen LogP) is 3.64. The van der Waals surface area contributed by atoms with Gasteiger partial charge in [-0.25, -0.2) is 4.39 Å². The van der Waals surface area contributed by atoms with Crippen molar-refractivity contribution < 1.29 is 9.18 Å². The number of hydrogen-bond donors (Lipinski definition) is 1. The fraction of sp³-hybridized carbons (Fsp3) is 0.167. The second-order valence-electron chi connectivity index (χ2n) is 3.90. The van der Waals surface area contributed by atoms with Crippen molar-refractivity contribution in [2.24, 2.45) is 0 Å². The molecule has 2 aromatic rings. The Morgan fingerprint density at radius 3 is 2.89 bits per heavy atom. The largest absolute Gasteiger partial charge is 0.322 e. The van der Waals surface area contributed by atoms with Crippen molar-refractivity contribution in [2.45, 2.75) is 13.0 Å². The molecule has 19 heavy (non-hydrogen) atoms. The highest BCUT2D eigenvalue weighted by Gasteiger charge is 2.18. The summed E-state index contributed by atoms with van der Waals surface area (Å²) in [6.45, 7) is 1.70. The Balaban J connectivity index is 2.20. The van der Waals surface area contributed by atoms with Crippen LogP contribution < -0.4 is 5.32 Å². The van der Waals surface area contributed by atoms with Crippen LogP contribution in [0.25, 0.3) is 0 Å². The lowest BCUT2D eigenvalue weighted by Crippen LogP contribution is -2.24. The molecule has 0 fully saturated rings. The Bertz CT molecular complexity index is 580. The molecule has 2 rings (SSSR count). The minimum absolute atomic E-state index is 0.132. The van der Waals surface area contributed by atoms with E-state index >= 15 is 0 Å². The molecule has 1 aromatic heterocycles. The van der Waals surface area contributed by atoms with Crippen LogP contribution in [0.15, 0.2) is 35.1 Å². The van der Waals surface area contributed by atoms with E-state index < -0.39 is 11.9 Å². The molecule has 0 aliphatic heterocycles. The Kier molecular flexibility index (Phi) is 4.21. The average molecular weight is 347 g/mol. The summed E-state index contributed by atoms with van der Waals surface area (Å²) in [4.78, 5) is 12.1. The summed E-state index contributed by atoms with van der Waals surface area (Å²) in [6.07, 6.45) is 3.27. The number of aromatic nitrogens is 2. The van der Waals surface area contributed by atoms with Crippen molar-refractivity contribution in [1.82, 2.24) is 9.78 Å². The molecule has 0 spiro atoms. The van der Waals surface area contributed by atoms with Crippen LogP contribution in [-0.4, -0.2) is 15.7 Å². The molecule has 4 nitrogen and oxygen atoms in total. The molecule has 0 saturated heterocycles. The van der Waals surface area contributed by atoms with Crippen LogP contribution in [0.4, 0.5) is 10.1 Å². The smallest absolute Gasteiger partial charge is 0.249 e. The topological polar surface area (TPSA) is 46.9 Å². The van der Waals surface area contributed by atoms with Crippen molar-refractivity contribution in [3.63, 3.8) is 0 Å². The number of anilines is 1. The first-order valence-corrected chi connectivity index (χ1v) is 6.60. The summed E-state index contributed by atoms with van der Waals surface area (Å²) < 4.78 is 15.0. The quantitative estimate of drug-likeness (QED) is 0.922. The van der Waals surface area contributed by atoms with Gasteiger partial charge in [-0.05, 0) is 41.1 Å². The molecule has 0 bridgehead atoms. The van der Waals surface area contributed by atoms with Gasteiger partial charge in [0.15, 0.2) is 0 Å². The number of hydrogen-bond acceptors (Lipinski definition) is 2. The molecule has 0 radical (unpaired) electrons. The summed E-state index contributed by atoms with van der Waals surface area (Å²) in [6, 6.07) is 3.61. The van der Waals surface area contributed by atoms with Gasteiger partial charge in [0.05, 0.1) is 10.7 Å². The summed E-state index contributed by atoms with van der Waals surface area (Å²) in [7, 11) is 0. The van der Waals surface area contributed by atoms with Crippen LogP contribution >= 0.6 is 27.5 Å². The summed E-state index contributed by atoms with van der Waals surface area (Å²) in [5.41, 5.74) is 0.340. The molecule has 1 atom stereocenters. The third kappa shape index (κ3) is 3.13. The van der Waals surface area contributed by atoms with Gasteiger partial charge >= 0.3 is 0 Å². The second-order valence-corrected chi connectivity index (χ2v) is 5.16. The first kappa shape index (κ1) is 14.0. The molecule has 1 unspecified atom stereocenters. The number of nitrogens with one attached hydrogen (secondary N) is 1. The van der Waals surface area contributed by atoms with Gasteiger partial charge in [-0.15, -0.1) is 0 Å². The van der Waals surface area contributed by atoms with Gasteiger partial charge in [0.1, 0.15) is 11.9 Å². The third-order valence-electron chi connectivity index (χ3n) is 2.56. The van der Waals surface area contributed by atoms with Gasteiger partial charge in [-0.3, -0.25) is 9.48 Å². The number of rotatable bonds is 3. The van der Waals surface area contributed by atoms with E-state index in [1.54, 1.807) is 25.4 Å². The minimum Gasteiger partial charge on any atom is -0.322 e. The van der Waals surface area contributed by atoms with Gasteiger partial charge < -0.3 is 5.32 Å². The molecule has 0 saturated carbocycles. The van der Waals surface area contributed by atoms with Gasteiger partial charge in [-0.2, -0.15) is 5.10 Å². The Hall–Kier alpha value is -1.40. The van der Waals surface area contributed by atoms with E-state index in [1.165, 1.54) is 10.7 Å². The molecule has 0 aliphatic carbocycles. The van der Waals surface area contributed by atoms with E-state index in [0.29, 0.717) is 10.2 Å². The Morgan fingerprint density at radius 1 is 1.58 bits per heavy atom. The predicted molar refractivity (Wildman–Crippen MR) is 74.7 cm³/mol. The SMILES string of the molecule is CC(C(=O)Nc1c(Cl)cc(F)cc1Br)n1cccn1. The molecule has 7 heteroatoms. The van der Waals surface area contributed by atoms with Crippen LogP contribution in [0.3, 0.4) is 0 Å². The maximum absolute atomic E-state index is 13.1. The number of nitrogens with zero attached hydrogens (tertiary/aromatic N) is 2. The first-order valence-electron chi connectivity index (χ1n) is 5.43. The number of benzene rings is 1. The lowest BCUT2D eigenvalue weighted by Gasteiger charge is -2.14. The highest BCUT2D eigenvalue weighted by atomic mass is 79.9. The number of amides is 1. The summed E-state index contributed by atoms with van der Waals surface area (Å²) in [5, 5.41) is 6.77. The zero-order valence-electron chi connectivity index (χ0n) is 9.90. The van der Waals surface area contributed by atoms with Crippen LogP contribution in [0.1, 0.15) is 13.0 Å². The van der Waals surface area contributed by atoms with E-state index in [-0.39, 0.29) is 10.9 Å². The second kappa shape index (κ2) is 5.71. The van der Waals surface area contributed by atoms with E-state index in [0.717, 1.165) is 6.07 Å². The Morgan fingerprint density at radius 2 is 2.32 bits per heavy atom. The van der Waals surface area contributed by atoms with Crippen LogP contribution in [0, 0.1) is 5.82 Å². The fourth-order valence-corrected chi connectivity index (χ4v) is 2.42. The average Bonchev–Trinajstić information content (AvgIpc) is 2.86. The van der Waals surface area contributed by atoms with Gasteiger partial charge in [0.25, 0.3) is 0 Å². The highest BCUT2D eigenvalue weighted by Crippen LogP contribution is 2.32. The molecule has 1 heterocycles. The highest BCUT2D eigenvalue weighted by molar-refractivity contribution is 9.10. The number of carbonyl (C=O) groups excluding carboxylic acids is 1. The van der Waals surface area contributed by atoms with Crippen LogP contribution in [-0.2, 0) is 4.79 Å². The molecule has 1 aromatic carbocycles. The minimum atomic E-state index is -0.497. The van der Waals surface area contributed by atoms with Crippen molar-refractivity contribution >= 4 is 39.1 Å². The maximum atomic E-state index is 13.1. The standard InChI is InChI=1S/C12H10BrClFN3O/c1-7(18-4-2-3-16-18)12(19)17-11-9(13)5-8(15)6-10(11)14/h2-7H,1H3,(H,17,19). The molecular weight excluding hydrogens is 337 g/mol. The van der Waals surface area contributed by atoms with E-state index in [1.807, 2.05) is 0 Å². The number of halogens is 3. The molecule has 1 N–H and O–H groups in total. The normalized spacial score (nSPS) is 12.2. The lowest BCUT2D eigenvalue weighted by atomic mass is 10.2. The lowest BCUT2D eigenvalue weighted by molar-refractivity contribution is -0.119. The fourth-order valence-electron chi connectivity index (χ4n) is 1.52. The zero-order valence-corrected chi connectivity index (χ0v) is 12.2. The van der Waals surface area contributed by atoms with Crippen molar-refractivity contribution in [3.05, 3.63) is 45.9 Å². The van der Waals surface area contributed by atoms with Gasteiger partial charge in [-0.1, -0.05) is 11.6 Å². The van der Waals surface area contributed by atoms with Crippen molar-refractivity contribution in [3.8, 4) is 0 Å². The van der Waals surface area contributed by atoms with Gasteiger partial charge in [0.2, 0.25) is 5.91 Å². The number of carbonyl (C=O) groups is 1. The first-order chi connectivity index (χ1) is 8.99. The van der Waals surface area contributed by atoms with E-state index in [9.17, 15) is 9.18 Å². The third-order valence-corrected chi connectivity index (χ3v) is 3.48. The monoisotopic (exact) mass is 345 g/mol. The maximum Gasteiger partial charge on any atom is 0.249 e.